The Labute approximate surface area is 113 Å². The molecule has 0 saturated heterocycles. The summed E-state index contributed by atoms with van der Waals surface area (Å²) in [5.74, 6) is -0.0713. The van der Waals surface area contributed by atoms with Crippen molar-refractivity contribution in [1.29, 1.82) is 0 Å². The number of fused-ring (bicyclic) bond motifs is 1. The minimum Gasteiger partial charge on any atom is -0.374 e. The van der Waals surface area contributed by atoms with Crippen molar-refractivity contribution in [3.05, 3.63) is 36.0 Å². The minimum absolute atomic E-state index is 0.0713. The van der Waals surface area contributed by atoms with Gasteiger partial charge in [-0.2, -0.15) is 0 Å². The third-order valence-electron chi connectivity index (χ3n) is 3.05. The lowest BCUT2D eigenvalue weighted by atomic mass is 10.1. The molecule has 0 saturated carbocycles. The molecule has 102 valence electrons. The standard InChI is InChI=1S/C15H20N2O2/c1-4-19-15(2,3)10-17-14(18)12-6-5-7-13-11(12)8-9-16-13/h5-9,16H,4,10H2,1-3H3,(H,17,18). The van der Waals surface area contributed by atoms with E-state index in [1.54, 1.807) is 0 Å². The number of benzene rings is 1. The fraction of sp³-hybridized carbons (Fsp3) is 0.400. The molecule has 4 heteroatoms. The largest absolute Gasteiger partial charge is 0.374 e. The molecule has 19 heavy (non-hydrogen) atoms. The number of H-pyrrole nitrogens is 1. The van der Waals surface area contributed by atoms with Gasteiger partial charge < -0.3 is 15.0 Å². The topological polar surface area (TPSA) is 54.1 Å². The van der Waals surface area contributed by atoms with Crippen molar-refractivity contribution in [1.82, 2.24) is 10.3 Å². The SMILES string of the molecule is CCOC(C)(C)CNC(=O)c1cccc2[nH]ccc12. The molecule has 1 aromatic heterocycles. The maximum absolute atomic E-state index is 12.2. The predicted octanol–water partition coefficient (Wildman–Crippen LogP) is 2.71. The van der Waals surface area contributed by atoms with Crippen LogP contribution in [0, 0.1) is 0 Å². The lowest BCUT2D eigenvalue weighted by Crippen LogP contribution is -2.40. The van der Waals surface area contributed by atoms with Gasteiger partial charge in [-0.05, 0) is 39.0 Å². The van der Waals surface area contributed by atoms with E-state index in [4.69, 9.17) is 4.74 Å². The van der Waals surface area contributed by atoms with E-state index in [-0.39, 0.29) is 11.5 Å². The molecule has 0 aliphatic rings. The van der Waals surface area contributed by atoms with Crippen molar-refractivity contribution in [2.45, 2.75) is 26.4 Å². The van der Waals surface area contributed by atoms with E-state index in [9.17, 15) is 4.79 Å². The first-order valence-corrected chi connectivity index (χ1v) is 6.52. The van der Waals surface area contributed by atoms with E-state index in [2.05, 4.69) is 10.3 Å². The van der Waals surface area contributed by atoms with Crippen molar-refractivity contribution < 1.29 is 9.53 Å². The predicted molar refractivity (Wildman–Crippen MR) is 76.3 cm³/mol. The smallest absolute Gasteiger partial charge is 0.252 e. The van der Waals surface area contributed by atoms with Gasteiger partial charge in [0.15, 0.2) is 0 Å². The van der Waals surface area contributed by atoms with Gasteiger partial charge in [-0.15, -0.1) is 0 Å². The van der Waals surface area contributed by atoms with Crippen LogP contribution in [-0.4, -0.2) is 29.6 Å². The quantitative estimate of drug-likeness (QED) is 0.868. The second kappa shape index (κ2) is 5.45. The van der Waals surface area contributed by atoms with Gasteiger partial charge in [-0.3, -0.25) is 4.79 Å². The first-order chi connectivity index (χ1) is 9.03. The second-order valence-electron chi connectivity index (χ2n) is 5.12. The van der Waals surface area contributed by atoms with Gasteiger partial charge in [-0.25, -0.2) is 0 Å². The number of aromatic nitrogens is 1. The van der Waals surface area contributed by atoms with E-state index in [1.807, 2.05) is 51.2 Å². The van der Waals surface area contributed by atoms with Gasteiger partial charge in [0.1, 0.15) is 0 Å². The van der Waals surface area contributed by atoms with Crippen LogP contribution < -0.4 is 5.32 Å². The van der Waals surface area contributed by atoms with Crippen molar-refractivity contribution >= 4 is 16.8 Å². The maximum Gasteiger partial charge on any atom is 0.252 e. The van der Waals surface area contributed by atoms with Gasteiger partial charge >= 0.3 is 0 Å². The van der Waals surface area contributed by atoms with Crippen LogP contribution in [0.4, 0.5) is 0 Å². The average Bonchev–Trinajstić information content (AvgIpc) is 2.84. The number of aromatic amines is 1. The molecule has 1 heterocycles. The average molecular weight is 260 g/mol. The summed E-state index contributed by atoms with van der Waals surface area (Å²) < 4.78 is 5.57. The Kier molecular flexibility index (Phi) is 3.90. The third-order valence-corrected chi connectivity index (χ3v) is 3.05. The molecule has 0 bridgehead atoms. The Bertz CT molecular complexity index is 572. The van der Waals surface area contributed by atoms with Crippen molar-refractivity contribution in [2.24, 2.45) is 0 Å². The Balaban J connectivity index is 2.10. The number of carbonyl (C=O) groups is 1. The first kappa shape index (κ1) is 13.6. The molecule has 0 aliphatic heterocycles. The molecule has 0 fully saturated rings. The van der Waals surface area contributed by atoms with Crippen LogP contribution in [0.5, 0.6) is 0 Å². The molecule has 1 aromatic carbocycles. The first-order valence-electron chi connectivity index (χ1n) is 6.52. The number of rotatable bonds is 5. The summed E-state index contributed by atoms with van der Waals surface area (Å²) >= 11 is 0. The molecule has 2 N–H and O–H groups in total. The lowest BCUT2D eigenvalue weighted by Gasteiger charge is -2.24. The van der Waals surface area contributed by atoms with Gasteiger partial charge in [-0.1, -0.05) is 6.07 Å². The number of nitrogens with one attached hydrogen (secondary N) is 2. The number of carbonyl (C=O) groups excluding carboxylic acids is 1. The summed E-state index contributed by atoms with van der Waals surface area (Å²) in [6, 6.07) is 7.58. The second-order valence-corrected chi connectivity index (χ2v) is 5.12. The zero-order valence-electron chi connectivity index (χ0n) is 11.6. The Morgan fingerprint density at radius 2 is 2.16 bits per heavy atom. The highest BCUT2D eigenvalue weighted by atomic mass is 16.5. The molecular formula is C15H20N2O2. The van der Waals surface area contributed by atoms with Crippen LogP contribution in [0.25, 0.3) is 10.9 Å². The molecule has 1 amide bonds. The molecule has 2 aromatic rings. The molecule has 0 spiro atoms. The zero-order valence-corrected chi connectivity index (χ0v) is 11.6. The van der Waals surface area contributed by atoms with Crippen LogP contribution in [0.15, 0.2) is 30.5 Å². The Morgan fingerprint density at radius 1 is 1.37 bits per heavy atom. The van der Waals surface area contributed by atoms with Crippen LogP contribution in [0.1, 0.15) is 31.1 Å². The van der Waals surface area contributed by atoms with E-state index >= 15 is 0 Å². The number of hydrogen-bond acceptors (Lipinski definition) is 2. The summed E-state index contributed by atoms with van der Waals surface area (Å²) in [5, 5.41) is 3.87. The normalized spacial score (nSPS) is 11.7. The highest BCUT2D eigenvalue weighted by Gasteiger charge is 2.19. The fourth-order valence-corrected chi connectivity index (χ4v) is 2.11. The van der Waals surface area contributed by atoms with Gasteiger partial charge in [0.25, 0.3) is 5.91 Å². The maximum atomic E-state index is 12.2. The summed E-state index contributed by atoms with van der Waals surface area (Å²) in [5.41, 5.74) is 1.30. The molecule has 0 aliphatic carbocycles. The van der Waals surface area contributed by atoms with Crippen LogP contribution in [-0.2, 0) is 4.74 Å². The van der Waals surface area contributed by atoms with Crippen molar-refractivity contribution in [3.63, 3.8) is 0 Å². The molecule has 0 radical (unpaired) electrons. The molecule has 2 rings (SSSR count). The number of ether oxygens (including phenoxy) is 1. The van der Waals surface area contributed by atoms with E-state index < -0.39 is 0 Å². The number of hydrogen-bond donors (Lipinski definition) is 2. The number of amides is 1. The fourth-order valence-electron chi connectivity index (χ4n) is 2.11. The Hall–Kier alpha value is -1.81. The van der Waals surface area contributed by atoms with E-state index in [0.717, 1.165) is 10.9 Å². The third kappa shape index (κ3) is 3.15. The summed E-state index contributed by atoms with van der Waals surface area (Å²) in [4.78, 5) is 15.3. The molecule has 0 unspecified atom stereocenters. The lowest BCUT2D eigenvalue weighted by molar-refractivity contribution is -0.00814. The monoisotopic (exact) mass is 260 g/mol. The van der Waals surface area contributed by atoms with Crippen LogP contribution in [0.2, 0.25) is 0 Å². The van der Waals surface area contributed by atoms with Crippen molar-refractivity contribution in [2.75, 3.05) is 13.2 Å². The zero-order chi connectivity index (χ0) is 13.9. The summed E-state index contributed by atoms with van der Waals surface area (Å²) in [6.07, 6.45) is 1.84. The summed E-state index contributed by atoms with van der Waals surface area (Å²) in [6.45, 7) is 7.00. The van der Waals surface area contributed by atoms with Gasteiger partial charge in [0.05, 0.1) is 5.60 Å². The minimum atomic E-state index is -0.351. The molecule has 4 nitrogen and oxygen atoms in total. The van der Waals surface area contributed by atoms with Gasteiger partial charge in [0.2, 0.25) is 0 Å². The van der Waals surface area contributed by atoms with E-state index in [0.29, 0.717) is 18.7 Å². The van der Waals surface area contributed by atoms with Crippen LogP contribution in [0.3, 0.4) is 0 Å². The highest BCUT2D eigenvalue weighted by Crippen LogP contribution is 2.17. The highest BCUT2D eigenvalue weighted by molar-refractivity contribution is 6.06. The summed E-state index contributed by atoms with van der Waals surface area (Å²) in [7, 11) is 0. The Morgan fingerprint density at radius 3 is 2.89 bits per heavy atom. The van der Waals surface area contributed by atoms with Crippen molar-refractivity contribution in [3.8, 4) is 0 Å². The molecule has 0 atom stereocenters. The molecular weight excluding hydrogens is 240 g/mol. The van der Waals surface area contributed by atoms with Crippen LogP contribution >= 0.6 is 0 Å². The van der Waals surface area contributed by atoms with E-state index in [1.165, 1.54) is 0 Å². The van der Waals surface area contributed by atoms with Gasteiger partial charge in [0, 0.05) is 35.8 Å².